The summed E-state index contributed by atoms with van der Waals surface area (Å²) in [6, 6.07) is 0. The third-order valence-corrected chi connectivity index (χ3v) is 0.890. The number of aliphatic carboxylic acids is 2. The van der Waals surface area contributed by atoms with Crippen molar-refractivity contribution in [2.75, 3.05) is 13.2 Å². The Morgan fingerprint density at radius 3 is 1.06 bits per heavy atom. The van der Waals surface area contributed by atoms with E-state index in [9.17, 15) is 19.8 Å². The van der Waals surface area contributed by atoms with E-state index in [1.807, 2.05) is 0 Å². The number of hydrogen-bond acceptors (Lipinski definition) is 8. The molecule has 0 unspecified atom stereocenters. The maximum atomic E-state index is 9.41. The normalized spacial score (nSPS) is 11.1. The van der Waals surface area contributed by atoms with Gasteiger partial charge in [-0.2, -0.15) is 0 Å². The van der Waals surface area contributed by atoms with E-state index in [1.54, 1.807) is 0 Å². The van der Waals surface area contributed by atoms with Gasteiger partial charge in [0.25, 0.3) is 0 Å². The van der Waals surface area contributed by atoms with Crippen molar-refractivity contribution in [1.82, 2.24) is 0 Å². The summed E-state index contributed by atoms with van der Waals surface area (Å²) in [5.41, 5.74) is 0. The number of hydrogen-bond donors (Lipinski definition) is 4. The molecule has 0 radical (unpaired) electrons. The second-order valence-electron chi connectivity index (χ2n) is 2.03. The van der Waals surface area contributed by atoms with Gasteiger partial charge in [-0.1, -0.05) is 0 Å². The second kappa shape index (κ2) is 18.3. The van der Waals surface area contributed by atoms with Crippen LogP contribution in [0.25, 0.3) is 0 Å². The summed E-state index contributed by atoms with van der Waals surface area (Å²) < 4.78 is 0. The summed E-state index contributed by atoms with van der Waals surface area (Å²) in [6.07, 6.45) is -3.47. The quantitative estimate of drug-likeness (QED) is 0.362. The molecule has 0 fully saturated rings. The monoisotopic (exact) mass is 286 g/mol. The van der Waals surface area contributed by atoms with Crippen molar-refractivity contribution in [2.45, 2.75) is 12.2 Å². The molecule has 0 aromatic heterocycles. The Kier molecular flexibility index (Phi) is 32.6. The van der Waals surface area contributed by atoms with E-state index in [0.717, 1.165) is 0 Å². The molecule has 2 atom stereocenters. The van der Waals surface area contributed by atoms with Gasteiger partial charge in [-0.15, -0.1) is 0 Å². The van der Waals surface area contributed by atoms with E-state index in [2.05, 4.69) is 0 Å². The van der Waals surface area contributed by atoms with E-state index in [1.165, 1.54) is 0 Å². The van der Waals surface area contributed by atoms with Crippen LogP contribution in [0.1, 0.15) is 0 Å². The average molecular weight is 286 g/mol. The van der Waals surface area contributed by atoms with Gasteiger partial charge in [-0.25, -0.2) is 0 Å². The van der Waals surface area contributed by atoms with E-state index in [4.69, 9.17) is 20.4 Å². The molecular weight excluding hydrogens is 272 g/mol. The zero-order valence-electron chi connectivity index (χ0n) is 8.70. The van der Waals surface area contributed by atoms with Crippen molar-refractivity contribution in [2.24, 2.45) is 0 Å². The number of carbonyl (C=O) groups is 2. The molecule has 11 heteroatoms. The van der Waals surface area contributed by atoms with E-state index in [0.29, 0.717) is 0 Å². The SMILES string of the molecule is O.O.O=C([O-])[C@@H](O)CO.O=C([O-])[C@@H](O)CO.[Ca+2]. The summed E-state index contributed by atoms with van der Waals surface area (Å²) in [5.74, 6) is -3.30. The third kappa shape index (κ3) is 21.7. The molecule has 0 saturated carbocycles. The van der Waals surface area contributed by atoms with Crippen LogP contribution in [0.3, 0.4) is 0 Å². The van der Waals surface area contributed by atoms with Crippen molar-refractivity contribution in [3.8, 4) is 0 Å². The van der Waals surface area contributed by atoms with Crippen molar-refractivity contribution in [1.29, 1.82) is 0 Å². The molecule has 0 aliphatic rings. The van der Waals surface area contributed by atoms with Crippen LogP contribution in [0.4, 0.5) is 0 Å². The Bertz CT molecular complexity index is 166. The first-order chi connectivity index (χ1) is 6.36. The van der Waals surface area contributed by atoms with Crippen LogP contribution < -0.4 is 10.2 Å². The molecule has 100 valence electrons. The van der Waals surface area contributed by atoms with Gasteiger partial charge in [0.15, 0.2) is 0 Å². The molecule has 0 bridgehead atoms. The summed E-state index contributed by atoms with van der Waals surface area (Å²) in [7, 11) is 0. The molecule has 0 saturated heterocycles. The van der Waals surface area contributed by atoms with Gasteiger partial charge in [0.05, 0.1) is 25.2 Å². The van der Waals surface area contributed by atoms with Crippen LogP contribution in [-0.4, -0.2) is 106 Å². The number of carbonyl (C=O) groups excluding carboxylic acids is 2. The van der Waals surface area contributed by atoms with Gasteiger partial charge in [-0.3, -0.25) is 0 Å². The smallest absolute Gasteiger partial charge is 0.547 e. The van der Waals surface area contributed by atoms with Gasteiger partial charge in [-0.05, 0) is 0 Å². The van der Waals surface area contributed by atoms with E-state index in [-0.39, 0.29) is 48.7 Å². The summed E-state index contributed by atoms with van der Waals surface area (Å²) in [5, 5.41) is 50.5. The first-order valence-electron chi connectivity index (χ1n) is 3.36. The largest absolute Gasteiger partial charge is 2.00 e. The molecule has 0 aromatic rings. The zero-order chi connectivity index (χ0) is 11.7. The number of aliphatic hydroxyl groups excluding tert-OH is 4. The van der Waals surface area contributed by atoms with Gasteiger partial charge in [0, 0.05) is 0 Å². The summed E-state index contributed by atoms with van der Waals surface area (Å²) in [4.78, 5) is 18.8. The van der Waals surface area contributed by atoms with Crippen LogP contribution in [0, 0.1) is 0 Å². The Hall–Kier alpha value is -0.0403. The third-order valence-electron chi connectivity index (χ3n) is 0.890. The Morgan fingerprint density at radius 1 is 0.882 bits per heavy atom. The molecule has 0 aromatic carbocycles. The average Bonchev–Trinajstić information content (AvgIpc) is 2.15. The van der Waals surface area contributed by atoms with Gasteiger partial charge < -0.3 is 51.2 Å². The number of rotatable bonds is 4. The maximum absolute atomic E-state index is 9.41. The maximum Gasteiger partial charge on any atom is 2.00 e. The Labute approximate surface area is 126 Å². The molecule has 0 aliphatic heterocycles. The van der Waals surface area contributed by atoms with Crippen molar-refractivity contribution in [3.63, 3.8) is 0 Å². The molecule has 0 rings (SSSR count). The second-order valence-corrected chi connectivity index (χ2v) is 2.03. The Morgan fingerprint density at radius 2 is 1.06 bits per heavy atom. The topological polar surface area (TPSA) is 224 Å². The van der Waals surface area contributed by atoms with Crippen LogP contribution in [0.15, 0.2) is 0 Å². The number of carboxylic acid groups (broad SMARTS) is 2. The van der Waals surface area contributed by atoms with Crippen molar-refractivity contribution < 1.29 is 51.2 Å². The molecule has 0 aliphatic carbocycles. The fraction of sp³-hybridized carbons (Fsp3) is 0.667. The van der Waals surface area contributed by atoms with E-state index >= 15 is 0 Å². The molecule has 8 N–H and O–H groups in total. The minimum atomic E-state index is -1.74. The van der Waals surface area contributed by atoms with Crippen LogP contribution in [0.5, 0.6) is 0 Å². The van der Waals surface area contributed by atoms with Crippen LogP contribution in [-0.2, 0) is 9.59 Å². The predicted molar refractivity (Wildman–Crippen MR) is 49.2 cm³/mol. The molecule has 0 heterocycles. The van der Waals surface area contributed by atoms with E-state index < -0.39 is 37.4 Å². The standard InChI is InChI=1S/2C3H6O4.Ca.2H2O/c2*4-1-2(5)3(6)7;;;/h2*2,4-5H,1H2,(H,6,7);;2*1H2/q;;+2;;/p-2/t2*2-;;;/m00.../s1. The minimum absolute atomic E-state index is 0. The Balaban J connectivity index is -0.0000000480. The van der Waals surface area contributed by atoms with Crippen LogP contribution >= 0.6 is 0 Å². The van der Waals surface area contributed by atoms with Gasteiger partial charge in [0.2, 0.25) is 0 Å². The predicted octanol–water partition coefficient (Wildman–Crippen LogP) is -7.85. The minimum Gasteiger partial charge on any atom is -0.547 e. The zero-order valence-corrected chi connectivity index (χ0v) is 10.9. The van der Waals surface area contributed by atoms with Crippen LogP contribution in [0.2, 0.25) is 0 Å². The molecular formula is C6H14CaO10. The molecule has 10 nitrogen and oxygen atoms in total. The fourth-order valence-electron chi connectivity index (χ4n) is 0.149. The molecule has 0 amide bonds. The van der Waals surface area contributed by atoms with Crippen molar-refractivity contribution in [3.05, 3.63) is 0 Å². The number of aliphatic hydroxyl groups is 4. The summed E-state index contributed by atoms with van der Waals surface area (Å²) in [6.45, 7) is -1.58. The van der Waals surface area contributed by atoms with Gasteiger partial charge in [0.1, 0.15) is 12.2 Å². The first kappa shape index (κ1) is 30.2. The fourth-order valence-corrected chi connectivity index (χ4v) is 0.149. The van der Waals surface area contributed by atoms with Gasteiger partial charge >= 0.3 is 37.7 Å². The first-order valence-corrected chi connectivity index (χ1v) is 3.36. The van der Waals surface area contributed by atoms with Crippen molar-refractivity contribution >= 4 is 49.7 Å². The molecule has 17 heavy (non-hydrogen) atoms. The summed E-state index contributed by atoms with van der Waals surface area (Å²) >= 11 is 0. The number of carboxylic acids is 2. The molecule has 0 spiro atoms.